The number of nitrogens with one attached hydrogen (secondary N) is 1. The van der Waals surface area contributed by atoms with Gasteiger partial charge in [-0.1, -0.05) is 0 Å². The van der Waals surface area contributed by atoms with E-state index in [1.54, 1.807) is 24.3 Å². The molecule has 21 heavy (non-hydrogen) atoms. The highest BCUT2D eigenvalue weighted by molar-refractivity contribution is 5.87. The number of likely N-dealkylation sites (tertiary alicyclic amines) is 1. The third-order valence-electron chi connectivity index (χ3n) is 3.87. The third kappa shape index (κ3) is 5.02. The van der Waals surface area contributed by atoms with Crippen molar-refractivity contribution in [3.63, 3.8) is 0 Å². The summed E-state index contributed by atoms with van der Waals surface area (Å²) in [4.78, 5) is 13.2. The van der Waals surface area contributed by atoms with Crippen LogP contribution >= 0.6 is 0 Å². The van der Waals surface area contributed by atoms with E-state index in [2.05, 4.69) is 10.2 Å². The third-order valence-corrected chi connectivity index (χ3v) is 3.87. The molecule has 0 aromatic heterocycles. The van der Waals surface area contributed by atoms with Gasteiger partial charge in [-0.05, 0) is 63.2 Å². The van der Waals surface area contributed by atoms with Crippen LogP contribution in [-0.4, -0.2) is 55.8 Å². The molecule has 1 aliphatic heterocycles. The molecule has 116 valence electrons. The minimum Gasteiger partial charge on any atom is -0.492 e. The molecule has 1 aliphatic rings. The van der Waals surface area contributed by atoms with Gasteiger partial charge in [-0.15, -0.1) is 0 Å². The van der Waals surface area contributed by atoms with Crippen LogP contribution in [0.5, 0.6) is 5.75 Å². The average molecular weight is 292 g/mol. The normalized spacial score (nSPS) is 19.4. The van der Waals surface area contributed by atoms with Crippen LogP contribution in [0, 0.1) is 5.92 Å². The standard InChI is InChI=1S/C16H24N2O3/c1-17-11-13-3-2-8-18(12-13)9-10-21-15-6-4-14(5-7-15)16(19)20/h4-7,13,17H,2-3,8-12H2,1H3,(H,19,20). The predicted octanol–water partition coefficient (Wildman–Crippen LogP) is 1.69. The number of nitrogens with zero attached hydrogens (tertiary/aromatic N) is 1. The summed E-state index contributed by atoms with van der Waals surface area (Å²) in [6.45, 7) is 4.90. The van der Waals surface area contributed by atoms with E-state index < -0.39 is 5.97 Å². The molecule has 0 amide bonds. The first-order valence-electron chi connectivity index (χ1n) is 7.52. The average Bonchev–Trinajstić information content (AvgIpc) is 2.48. The van der Waals surface area contributed by atoms with Crippen molar-refractivity contribution in [3.8, 4) is 5.75 Å². The second kappa shape index (κ2) is 8.00. The Morgan fingerprint density at radius 1 is 1.43 bits per heavy atom. The Kier molecular flexibility index (Phi) is 6.02. The van der Waals surface area contributed by atoms with Crippen LogP contribution in [0.4, 0.5) is 0 Å². The fourth-order valence-electron chi connectivity index (χ4n) is 2.80. The Balaban J connectivity index is 1.72. The second-order valence-electron chi connectivity index (χ2n) is 5.54. The molecule has 1 aromatic carbocycles. The molecule has 1 atom stereocenters. The van der Waals surface area contributed by atoms with Crippen molar-refractivity contribution < 1.29 is 14.6 Å². The van der Waals surface area contributed by atoms with Crippen LogP contribution in [0.25, 0.3) is 0 Å². The second-order valence-corrected chi connectivity index (χ2v) is 5.54. The van der Waals surface area contributed by atoms with E-state index in [1.807, 2.05) is 7.05 Å². The number of ether oxygens (including phenoxy) is 1. The van der Waals surface area contributed by atoms with Crippen molar-refractivity contribution in [2.24, 2.45) is 5.92 Å². The van der Waals surface area contributed by atoms with Crippen LogP contribution in [-0.2, 0) is 0 Å². The van der Waals surface area contributed by atoms with Gasteiger partial charge < -0.3 is 15.2 Å². The number of aromatic carboxylic acids is 1. The van der Waals surface area contributed by atoms with E-state index >= 15 is 0 Å². The smallest absolute Gasteiger partial charge is 0.335 e. The number of carboxylic acid groups (broad SMARTS) is 1. The summed E-state index contributed by atoms with van der Waals surface area (Å²) >= 11 is 0. The van der Waals surface area contributed by atoms with E-state index in [1.165, 1.54) is 12.8 Å². The van der Waals surface area contributed by atoms with Gasteiger partial charge in [0.05, 0.1) is 5.56 Å². The molecule has 1 heterocycles. The first kappa shape index (κ1) is 15.8. The van der Waals surface area contributed by atoms with Crippen LogP contribution < -0.4 is 10.1 Å². The molecule has 1 unspecified atom stereocenters. The molecule has 0 aliphatic carbocycles. The molecule has 1 fully saturated rings. The lowest BCUT2D eigenvalue weighted by Crippen LogP contribution is -2.40. The van der Waals surface area contributed by atoms with Crippen LogP contribution in [0.3, 0.4) is 0 Å². The topological polar surface area (TPSA) is 61.8 Å². The highest BCUT2D eigenvalue weighted by Gasteiger charge is 2.18. The van der Waals surface area contributed by atoms with Crippen LogP contribution in [0.15, 0.2) is 24.3 Å². The van der Waals surface area contributed by atoms with Gasteiger partial charge in [0.2, 0.25) is 0 Å². The summed E-state index contributed by atoms with van der Waals surface area (Å²) in [5, 5.41) is 12.1. The molecule has 2 N–H and O–H groups in total. The zero-order valence-corrected chi connectivity index (χ0v) is 12.5. The van der Waals surface area contributed by atoms with Crippen molar-refractivity contribution in [2.45, 2.75) is 12.8 Å². The van der Waals surface area contributed by atoms with Gasteiger partial charge in [0.25, 0.3) is 0 Å². The van der Waals surface area contributed by atoms with E-state index in [0.717, 1.165) is 37.8 Å². The van der Waals surface area contributed by atoms with Crippen molar-refractivity contribution in [2.75, 3.05) is 39.8 Å². The maximum absolute atomic E-state index is 10.8. The molecular formula is C16H24N2O3. The lowest BCUT2D eigenvalue weighted by atomic mass is 9.98. The van der Waals surface area contributed by atoms with Gasteiger partial charge in [0.15, 0.2) is 0 Å². The summed E-state index contributed by atoms with van der Waals surface area (Å²) in [6.07, 6.45) is 2.55. The van der Waals surface area contributed by atoms with Gasteiger partial charge in [-0.2, -0.15) is 0 Å². The van der Waals surface area contributed by atoms with Gasteiger partial charge in [0.1, 0.15) is 12.4 Å². The van der Waals surface area contributed by atoms with Gasteiger partial charge in [-0.25, -0.2) is 4.79 Å². The zero-order valence-electron chi connectivity index (χ0n) is 12.5. The highest BCUT2D eigenvalue weighted by Crippen LogP contribution is 2.16. The van der Waals surface area contributed by atoms with Gasteiger partial charge in [-0.3, -0.25) is 4.90 Å². The molecule has 0 saturated carbocycles. The van der Waals surface area contributed by atoms with E-state index in [0.29, 0.717) is 6.61 Å². The molecule has 0 bridgehead atoms. The summed E-state index contributed by atoms with van der Waals surface area (Å²) in [5.41, 5.74) is 0.285. The van der Waals surface area contributed by atoms with Crippen molar-refractivity contribution in [1.29, 1.82) is 0 Å². The van der Waals surface area contributed by atoms with Gasteiger partial charge >= 0.3 is 5.97 Å². The number of carboxylic acids is 1. The SMILES string of the molecule is CNCC1CCCN(CCOc2ccc(C(=O)O)cc2)C1. The lowest BCUT2D eigenvalue weighted by molar-refractivity contribution is 0.0697. The van der Waals surface area contributed by atoms with E-state index in [9.17, 15) is 4.79 Å². The number of carbonyl (C=O) groups is 1. The Labute approximate surface area is 125 Å². The summed E-state index contributed by atoms with van der Waals surface area (Å²) < 4.78 is 5.69. The van der Waals surface area contributed by atoms with Crippen molar-refractivity contribution in [1.82, 2.24) is 10.2 Å². The summed E-state index contributed by atoms with van der Waals surface area (Å²) in [5.74, 6) is 0.549. The minimum atomic E-state index is -0.912. The number of hydrogen-bond donors (Lipinski definition) is 2. The molecule has 5 nitrogen and oxygen atoms in total. The maximum Gasteiger partial charge on any atom is 0.335 e. The Bertz CT molecular complexity index is 445. The first-order chi connectivity index (χ1) is 10.2. The number of rotatable bonds is 7. The number of benzene rings is 1. The molecule has 2 rings (SSSR count). The van der Waals surface area contributed by atoms with E-state index in [4.69, 9.17) is 9.84 Å². The first-order valence-corrected chi connectivity index (χ1v) is 7.52. The molecule has 1 aromatic rings. The predicted molar refractivity (Wildman–Crippen MR) is 82.0 cm³/mol. The monoisotopic (exact) mass is 292 g/mol. The molecular weight excluding hydrogens is 268 g/mol. The summed E-state index contributed by atoms with van der Waals surface area (Å²) in [7, 11) is 2.00. The fraction of sp³-hybridized carbons (Fsp3) is 0.562. The zero-order chi connectivity index (χ0) is 15.1. The summed E-state index contributed by atoms with van der Waals surface area (Å²) in [6, 6.07) is 6.57. The minimum absolute atomic E-state index is 0.285. The van der Waals surface area contributed by atoms with Gasteiger partial charge in [0, 0.05) is 13.1 Å². The molecule has 1 saturated heterocycles. The highest BCUT2D eigenvalue weighted by atomic mass is 16.5. The Morgan fingerprint density at radius 2 is 2.19 bits per heavy atom. The Morgan fingerprint density at radius 3 is 2.86 bits per heavy atom. The molecule has 0 spiro atoms. The number of piperidine rings is 1. The van der Waals surface area contributed by atoms with Crippen LogP contribution in [0.1, 0.15) is 23.2 Å². The van der Waals surface area contributed by atoms with E-state index in [-0.39, 0.29) is 5.56 Å². The number of hydrogen-bond acceptors (Lipinski definition) is 4. The van der Waals surface area contributed by atoms with Crippen molar-refractivity contribution >= 4 is 5.97 Å². The Hall–Kier alpha value is -1.59. The molecule has 0 radical (unpaired) electrons. The van der Waals surface area contributed by atoms with Crippen LogP contribution in [0.2, 0.25) is 0 Å². The largest absolute Gasteiger partial charge is 0.492 e. The van der Waals surface area contributed by atoms with Crippen molar-refractivity contribution in [3.05, 3.63) is 29.8 Å². The molecule has 5 heteroatoms. The maximum atomic E-state index is 10.8. The fourth-order valence-corrected chi connectivity index (χ4v) is 2.80. The quantitative estimate of drug-likeness (QED) is 0.801. The lowest BCUT2D eigenvalue weighted by Gasteiger charge is -2.32.